The zero-order chi connectivity index (χ0) is 13.0. The predicted octanol–water partition coefficient (Wildman–Crippen LogP) is 4.49. The van der Waals surface area contributed by atoms with E-state index >= 15 is 0 Å². The van der Waals surface area contributed by atoms with E-state index in [2.05, 4.69) is 15.9 Å². The summed E-state index contributed by atoms with van der Waals surface area (Å²) in [6.07, 6.45) is 0.737. The lowest BCUT2D eigenvalue weighted by molar-refractivity contribution is 0.111. The second kappa shape index (κ2) is 6.03. The molecule has 0 N–H and O–H groups in total. The van der Waals surface area contributed by atoms with Crippen LogP contribution in [0.4, 0.5) is 0 Å². The van der Waals surface area contributed by atoms with Gasteiger partial charge < -0.3 is 4.74 Å². The highest BCUT2D eigenvalue weighted by atomic mass is 79.9. The molecule has 4 heteroatoms. The molecule has 18 heavy (non-hydrogen) atoms. The molecule has 0 aliphatic carbocycles. The molecular weight excluding hydrogens is 316 g/mol. The molecule has 2 aromatic rings. The Morgan fingerprint density at radius 2 is 2.00 bits per heavy atom. The first kappa shape index (κ1) is 13.1. The minimum absolute atomic E-state index is 0.393. The van der Waals surface area contributed by atoms with E-state index in [-0.39, 0.29) is 0 Å². The van der Waals surface area contributed by atoms with Crippen molar-refractivity contribution in [2.75, 3.05) is 0 Å². The van der Waals surface area contributed by atoms with Gasteiger partial charge in [0.15, 0.2) is 6.29 Å². The molecule has 0 unspecified atom stereocenters. The third-order valence-corrected chi connectivity index (χ3v) is 3.45. The van der Waals surface area contributed by atoms with E-state index in [4.69, 9.17) is 16.3 Å². The summed E-state index contributed by atoms with van der Waals surface area (Å²) in [7, 11) is 0. The van der Waals surface area contributed by atoms with Crippen LogP contribution in [-0.2, 0) is 6.61 Å². The molecule has 0 radical (unpaired) electrons. The SMILES string of the molecule is O=Cc1cc(Cl)ccc1OCc1ccccc1Br. The molecule has 2 nitrogen and oxygen atoms in total. The van der Waals surface area contributed by atoms with Crippen LogP contribution in [0.15, 0.2) is 46.9 Å². The van der Waals surface area contributed by atoms with Crippen LogP contribution in [0.5, 0.6) is 5.75 Å². The van der Waals surface area contributed by atoms with Crippen molar-refractivity contribution in [3.63, 3.8) is 0 Å². The lowest BCUT2D eigenvalue weighted by Gasteiger charge is -2.09. The maximum absolute atomic E-state index is 10.9. The van der Waals surface area contributed by atoms with E-state index in [1.165, 1.54) is 0 Å². The van der Waals surface area contributed by atoms with E-state index in [0.717, 1.165) is 16.3 Å². The molecule has 0 bridgehead atoms. The van der Waals surface area contributed by atoms with Crippen LogP contribution in [0.2, 0.25) is 5.02 Å². The monoisotopic (exact) mass is 324 g/mol. The van der Waals surface area contributed by atoms with Gasteiger partial charge in [-0.1, -0.05) is 45.7 Å². The average Bonchev–Trinajstić information content (AvgIpc) is 2.39. The Bertz CT molecular complexity index is 569. The van der Waals surface area contributed by atoms with Crippen molar-refractivity contribution in [1.29, 1.82) is 0 Å². The van der Waals surface area contributed by atoms with Gasteiger partial charge in [-0.05, 0) is 24.3 Å². The smallest absolute Gasteiger partial charge is 0.153 e. The molecule has 2 rings (SSSR count). The van der Waals surface area contributed by atoms with Crippen molar-refractivity contribution in [1.82, 2.24) is 0 Å². The first-order chi connectivity index (χ1) is 8.70. The largest absolute Gasteiger partial charge is 0.488 e. The van der Waals surface area contributed by atoms with Crippen LogP contribution in [-0.4, -0.2) is 6.29 Å². The maximum Gasteiger partial charge on any atom is 0.153 e. The van der Waals surface area contributed by atoms with Crippen LogP contribution in [0, 0.1) is 0 Å². The molecule has 2 aromatic carbocycles. The van der Waals surface area contributed by atoms with Gasteiger partial charge >= 0.3 is 0 Å². The van der Waals surface area contributed by atoms with Gasteiger partial charge in [0.25, 0.3) is 0 Å². The summed E-state index contributed by atoms with van der Waals surface area (Å²) < 4.78 is 6.61. The fraction of sp³-hybridized carbons (Fsp3) is 0.0714. The third-order valence-electron chi connectivity index (χ3n) is 2.44. The number of hydrogen-bond donors (Lipinski definition) is 0. The summed E-state index contributed by atoms with van der Waals surface area (Å²) in [5.41, 5.74) is 1.47. The Labute approximate surface area is 119 Å². The van der Waals surface area contributed by atoms with E-state index in [9.17, 15) is 4.79 Å². The van der Waals surface area contributed by atoms with Crippen molar-refractivity contribution < 1.29 is 9.53 Å². The Balaban J connectivity index is 2.16. The summed E-state index contributed by atoms with van der Waals surface area (Å²) in [5, 5.41) is 0.519. The van der Waals surface area contributed by atoms with Gasteiger partial charge in [-0.2, -0.15) is 0 Å². The highest BCUT2D eigenvalue weighted by Crippen LogP contribution is 2.24. The maximum atomic E-state index is 10.9. The van der Waals surface area contributed by atoms with Gasteiger partial charge in [-0.25, -0.2) is 0 Å². The molecule has 0 heterocycles. The topological polar surface area (TPSA) is 26.3 Å². The summed E-state index contributed by atoms with van der Waals surface area (Å²) in [5.74, 6) is 0.533. The van der Waals surface area contributed by atoms with Crippen molar-refractivity contribution in [3.05, 3.63) is 63.1 Å². The van der Waals surface area contributed by atoms with Crippen LogP contribution < -0.4 is 4.74 Å². The number of hydrogen-bond acceptors (Lipinski definition) is 2. The number of carbonyl (C=O) groups is 1. The molecule has 0 aliphatic rings. The number of aldehydes is 1. The highest BCUT2D eigenvalue weighted by molar-refractivity contribution is 9.10. The highest BCUT2D eigenvalue weighted by Gasteiger charge is 2.05. The fourth-order valence-corrected chi connectivity index (χ4v) is 2.09. The van der Waals surface area contributed by atoms with Gasteiger partial charge in [0, 0.05) is 15.1 Å². The van der Waals surface area contributed by atoms with Crippen molar-refractivity contribution in [3.8, 4) is 5.75 Å². The predicted molar refractivity (Wildman–Crippen MR) is 75.3 cm³/mol. The van der Waals surface area contributed by atoms with E-state index in [1.54, 1.807) is 18.2 Å². The fourth-order valence-electron chi connectivity index (χ4n) is 1.51. The molecule has 92 valence electrons. The molecule has 0 saturated heterocycles. The lowest BCUT2D eigenvalue weighted by atomic mass is 10.2. The summed E-state index contributed by atoms with van der Waals surface area (Å²) in [4.78, 5) is 10.9. The molecule has 0 fully saturated rings. The summed E-state index contributed by atoms with van der Waals surface area (Å²) >= 11 is 9.26. The molecular formula is C14H10BrClO2. The Hall–Kier alpha value is -1.32. The quantitative estimate of drug-likeness (QED) is 0.774. The molecule has 0 saturated carbocycles. The van der Waals surface area contributed by atoms with Crippen LogP contribution in [0.3, 0.4) is 0 Å². The van der Waals surface area contributed by atoms with Crippen molar-refractivity contribution >= 4 is 33.8 Å². The van der Waals surface area contributed by atoms with Crippen LogP contribution >= 0.6 is 27.5 Å². The molecule has 0 atom stereocenters. The van der Waals surface area contributed by atoms with Gasteiger partial charge in [0.1, 0.15) is 12.4 Å². The van der Waals surface area contributed by atoms with Crippen LogP contribution in [0.1, 0.15) is 15.9 Å². The average molecular weight is 326 g/mol. The molecule has 0 spiro atoms. The van der Waals surface area contributed by atoms with Gasteiger partial charge in [0.2, 0.25) is 0 Å². The third kappa shape index (κ3) is 3.12. The second-order valence-corrected chi connectivity index (χ2v) is 4.97. The Morgan fingerprint density at radius 3 is 2.72 bits per heavy atom. The van der Waals surface area contributed by atoms with Crippen LogP contribution in [0.25, 0.3) is 0 Å². The van der Waals surface area contributed by atoms with E-state index in [1.807, 2.05) is 24.3 Å². The zero-order valence-electron chi connectivity index (χ0n) is 9.40. The van der Waals surface area contributed by atoms with Gasteiger partial charge in [0.05, 0.1) is 5.56 Å². The Kier molecular flexibility index (Phi) is 4.39. The molecule has 0 aliphatic heterocycles. The molecule has 0 aromatic heterocycles. The van der Waals surface area contributed by atoms with Crippen molar-refractivity contribution in [2.24, 2.45) is 0 Å². The lowest BCUT2D eigenvalue weighted by Crippen LogP contribution is -1.98. The Morgan fingerprint density at radius 1 is 1.22 bits per heavy atom. The zero-order valence-corrected chi connectivity index (χ0v) is 11.7. The van der Waals surface area contributed by atoms with Crippen molar-refractivity contribution in [2.45, 2.75) is 6.61 Å². The second-order valence-electron chi connectivity index (χ2n) is 3.68. The number of rotatable bonds is 4. The molecule has 0 amide bonds. The first-order valence-electron chi connectivity index (χ1n) is 5.31. The first-order valence-corrected chi connectivity index (χ1v) is 6.49. The standard InChI is InChI=1S/C14H10BrClO2/c15-13-4-2-1-3-10(13)9-18-14-6-5-12(16)7-11(14)8-17/h1-8H,9H2. The number of carbonyl (C=O) groups excluding carboxylic acids is 1. The minimum Gasteiger partial charge on any atom is -0.488 e. The van der Waals surface area contributed by atoms with Gasteiger partial charge in [-0.3, -0.25) is 4.79 Å². The normalized spacial score (nSPS) is 10.1. The number of ether oxygens (including phenoxy) is 1. The number of halogens is 2. The van der Waals surface area contributed by atoms with E-state index in [0.29, 0.717) is 22.9 Å². The van der Waals surface area contributed by atoms with Gasteiger partial charge in [-0.15, -0.1) is 0 Å². The minimum atomic E-state index is 0.393. The van der Waals surface area contributed by atoms with E-state index < -0.39 is 0 Å². The summed E-state index contributed by atoms with van der Waals surface area (Å²) in [6, 6.07) is 12.8. The summed E-state index contributed by atoms with van der Waals surface area (Å²) in [6.45, 7) is 0.393. The number of benzene rings is 2.